The van der Waals surface area contributed by atoms with Crippen molar-refractivity contribution in [2.45, 2.75) is 13.3 Å². The number of nitrogens with zero attached hydrogens (tertiary/aromatic N) is 1. The van der Waals surface area contributed by atoms with Gasteiger partial charge in [0.05, 0.1) is 18.0 Å². The molecule has 3 aromatic rings. The van der Waals surface area contributed by atoms with Gasteiger partial charge < -0.3 is 10.1 Å². The van der Waals surface area contributed by atoms with Gasteiger partial charge in [-0.3, -0.25) is 14.9 Å². The highest BCUT2D eigenvalue weighted by atomic mass is 79.9. The van der Waals surface area contributed by atoms with Crippen LogP contribution in [0, 0.1) is 10.1 Å². The average molecular weight is 489 g/mol. The molecule has 0 fully saturated rings. The highest BCUT2D eigenvalue weighted by Crippen LogP contribution is 2.36. The predicted octanol–water partition coefficient (Wildman–Crippen LogP) is 5.44. The Morgan fingerprint density at radius 1 is 1.13 bits per heavy atom. The van der Waals surface area contributed by atoms with Crippen molar-refractivity contribution < 1.29 is 19.2 Å². The zero-order valence-corrected chi connectivity index (χ0v) is 18.3. The zero-order valence-electron chi connectivity index (χ0n) is 15.9. The predicted molar refractivity (Wildman–Crippen MR) is 119 cm³/mol. The maximum atomic E-state index is 12.6. The van der Waals surface area contributed by atoms with E-state index in [1.807, 2.05) is 24.3 Å². The van der Waals surface area contributed by atoms with Crippen LogP contribution in [-0.2, 0) is 16.0 Å². The van der Waals surface area contributed by atoms with E-state index < -0.39 is 10.9 Å². The molecular formula is C21H17BrN2O5S. The van der Waals surface area contributed by atoms with Crippen LogP contribution in [0.2, 0.25) is 0 Å². The lowest BCUT2D eigenvalue weighted by molar-refractivity contribution is -0.384. The van der Waals surface area contributed by atoms with E-state index in [0.717, 1.165) is 10.0 Å². The van der Waals surface area contributed by atoms with Crippen molar-refractivity contribution in [1.82, 2.24) is 0 Å². The van der Waals surface area contributed by atoms with Crippen molar-refractivity contribution in [2.75, 3.05) is 11.9 Å². The van der Waals surface area contributed by atoms with Gasteiger partial charge in [-0.25, -0.2) is 4.79 Å². The normalized spacial score (nSPS) is 10.5. The molecule has 0 aliphatic carbocycles. The highest BCUT2D eigenvalue weighted by molar-refractivity contribution is 9.10. The summed E-state index contributed by atoms with van der Waals surface area (Å²) >= 11 is 4.63. The van der Waals surface area contributed by atoms with Crippen molar-refractivity contribution in [3.63, 3.8) is 0 Å². The van der Waals surface area contributed by atoms with Crippen LogP contribution >= 0.6 is 27.3 Å². The van der Waals surface area contributed by atoms with Gasteiger partial charge in [0.2, 0.25) is 5.91 Å². The van der Waals surface area contributed by atoms with Crippen LogP contribution in [0.3, 0.4) is 0 Å². The van der Waals surface area contributed by atoms with Crippen LogP contribution in [-0.4, -0.2) is 23.4 Å². The molecule has 0 unspecified atom stereocenters. The van der Waals surface area contributed by atoms with Crippen LogP contribution in [0.5, 0.6) is 0 Å². The Labute approximate surface area is 185 Å². The van der Waals surface area contributed by atoms with Crippen LogP contribution in [0.4, 0.5) is 10.7 Å². The van der Waals surface area contributed by atoms with Crippen molar-refractivity contribution in [3.8, 4) is 11.1 Å². The molecule has 1 aromatic heterocycles. The fourth-order valence-electron chi connectivity index (χ4n) is 2.79. The molecule has 0 bridgehead atoms. The number of hydrogen-bond donors (Lipinski definition) is 1. The molecule has 30 heavy (non-hydrogen) atoms. The van der Waals surface area contributed by atoms with Gasteiger partial charge >= 0.3 is 5.97 Å². The minimum Gasteiger partial charge on any atom is -0.462 e. The maximum Gasteiger partial charge on any atom is 0.341 e. The number of anilines is 1. The van der Waals surface area contributed by atoms with Gasteiger partial charge in [0, 0.05) is 27.5 Å². The smallest absolute Gasteiger partial charge is 0.341 e. The molecule has 0 saturated carbocycles. The molecule has 0 aliphatic rings. The largest absolute Gasteiger partial charge is 0.462 e. The molecule has 1 amide bonds. The fraction of sp³-hybridized carbons (Fsp3) is 0.143. The third kappa shape index (κ3) is 5.11. The van der Waals surface area contributed by atoms with Crippen LogP contribution in [0.15, 0.2) is 58.4 Å². The molecular weight excluding hydrogens is 472 g/mol. The second-order valence-corrected chi connectivity index (χ2v) is 8.02. The summed E-state index contributed by atoms with van der Waals surface area (Å²) in [6, 6.07) is 13.3. The minimum absolute atomic E-state index is 0.0196. The molecule has 0 atom stereocenters. The molecule has 3 rings (SSSR count). The summed E-state index contributed by atoms with van der Waals surface area (Å²) in [6.07, 6.45) is 0.0196. The van der Waals surface area contributed by atoms with E-state index in [0.29, 0.717) is 21.7 Å². The number of non-ortho nitro benzene ring substituents is 1. The topological polar surface area (TPSA) is 98.5 Å². The van der Waals surface area contributed by atoms with Gasteiger partial charge in [-0.2, -0.15) is 0 Å². The lowest BCUT2D eigenvalue weighted by atomic mass is 10.0. The summed E-state index contributed by atoms with van der Waals surface area (Å²) in [5.74, 6) is -0.846. The second-order valence-electron chi connectivity index (χ2n) is 6.23. The van der Waals surface area contributed by atoms with Crippen LogP contribution in [0.25, 0.3) is 11.1 Å². The second kappa shape index (κ2) is 9.64. The van der Waals surface area contributed by atoms with E-state index in [-0.39, 0.29) is 24.6 Å². The highest BCUT2D eigenvalue weighted by Gasteiger charge is 2.23. The summed E-state index contributed by atoms with van der Waals surface area (Å²) in [5.41, 5.74) is 2.40. The number of carbonyl (C=O) groups is 2. The standard InChI is InChI=1S/C21H17BrN2O5S/c1-2-29-21(26)19-17(14-5-7-15(22)8-6-14)12-30-20(19)23-18(25)11-13-3-9-16(10-4-13)24(27)28/h3-10,12H,2,11H2,1H3,(H,23,25). The van der Waals surface area contributed by atoms with Gasteiger partial charge in [0.25, 0.3) is 5.69 Å². The first-order valence-electron chi connectivity index (χ1n) is 8.96. The Balaban J connectivity index is 1.84. The number of thiophene rings is 1. The summed E-state index contributed by atoms with van der Waals surface area (Å²) in [7, 11) is 0. The molecule has 0 saturated heterocycles. The summed E-state index contributed by atoms with van der Waals surface area (Å²) < 4.78 is 6.10. The number of esters is 1. The minimum atomic E-state index is -0.512. The number of carbonyl (C=O) groups excluding carboxylic acids is 2. The molecule has 1 N–H and O–H groups in total. The van der Waals surface area contributed by atoms with E-state index in [4.69, 9.17) is 4.74 Å². The first-order chi connectivity index (χ1) is 14.4. The van der Waals surface area contributed by atoms with Gasteiger partial charge in [0.15, 0.2) is 0 Å². The lowest BCUT2D eigenvalue weighted by Gasteiger charge is -2.09. The number of hydrogen-bond acceptors (Lipinski definition) is 6. The zero-order chi connectivity index (χ0) is 21.7. The molecule has 154 valence electrons. The SMILES string of the molecule is CCOC(=O)c1c(-c2ccc(Br)cc2)csc1NC(=O)Cc1ccc([N+](=O)[O-])cc1. The van der Waals surface area contributed by atoms with E-state index in [2.05, 4.69) is 21.2 Å². The fourth-order valence-corrected chi connectivity index (χ4v) is 4.03. The molecule has 0 spiro atoms. The van der Waals surface area contributed by atoms with E-state index in [1.165, 1.54) is 35.6 Å². The van der Waals surface area contributed by atoms with E-state index >= 15 is 0 Å². The molecule has 0 radical (unpaired) electrons. The monoisotopic (exact) mass is 488 g/mol. The van der Waals surface area contributed by atoms with Crippen molar-refractivity contribution in [1.29, 1.82) is 0 Å². The van der Waals surface area contributed by atoms with Crippen molar-refractivity contribution in [2.24, 2.45) is 0 Å². The lowest BCUT2D eigenvalue weighted by Crippen LogP contribution is -2.16. The number of nitro benzene ring substituents is 1. The first-order valence-corrected chi connectivity index (χ1v) is 10.6. The third-order valence-electron chi connectivity index (χ3n) is 4.19. The van der Waals surface area contributed by atoms with E-state index in [9.17, 15) is 19.7 Å². The number of ether oxygens (including phenoxy) is 1. The van der Waals surface area contributed by atoms with Crippen molar-refractivity contribution in [3.05, 3.63) is 79.6 Å². The van der Waals surface area contributed by atoms with Crippen LogP contribution < -0.4 is 5.32 Å². The Bertz CT molecular complexity index is 1080. The van der Waals surface area contributed by atoms with Crippen molar-refractivity contribution >= 4 is 49.8 Å². The van der Waals surface area contributed by atoms with Gasteiger partial charge in [-0.05, 0) is 30.2 Å². The van der Waals surface area contributed by atoms with E-state index in [1.54, 1.807) is 12.3 Å². The molecule has 2 aromatic carbocycles. The number of rotatable bonds is 7. The summed E-state index contributed by atoms with van der Waals surface area (Å²) in [4.78, 5) is 35.4. The molecule has 9 heteroatoms. The Morgan fingerprint density at radius 2 is 1.80 bits per heavy atom. The molecule has 1 heterocycles. The van der Waals surface area contributed by atoms with Crippen LogP contribution in [0.1, 0.15) is 22.8 Å². The number of amides is 1. The Hall–Kier alpha value is -3.04. The number of benzene rings is 2. The van der Waals surface area contributed by atoms with Gasteiger partial charge in [-0.1, -0.05) is 40.2 Å². The first kappa shape index (κ1) is 21.7. The quantitative estimate of drug-likeness (QED) is 0.271. The third-order valence-corrected chi connectivity index (χ3v) is 5.61. The number of nitrogens with one attached hydrogen (secondary N) is 1. The summed E-state index contributed by atoms with van der Waals surface area (Å²) in [6.45, 7) is 1.93. The number of nitro groups is 1. The van der Waals surface area contributed by atoms with Gasteiger partial charge in [-0.15, -0.1) is 11.3 Å². The Morgan fingerprint density at radius 3 is 2.40 bits per heavy atom. The summed E-state index contributed by atoms with van der Waals surface area (Å²) in [5, 5.41) is 15.7. The Kier molecular flexibility index (Phi) is 6.96. The average Bonchev–Trinajstić information content (AvgIpc) is 3.12. The molecule has 0 aliphatic heterocycles. The maximum absolute atomic E-state index is 12.6. The molecule has 7 nitrogen and oxygen atoms in total. The van der Waals surface area contributed by atoms with Gasteiger partial charge in [0.1, 0.15) is 10.6 Å². The number of halogens is 1.